The SMILES string of the molecule is Nc1nc2[nH]ccc2nc1C(=O)NCc1n(CC(=O)N2CCCCC2)c2ccccc2[n+]1Cc1ccccc1. The number of piperidine rings is 1. The molecule has 1 aliphatic heterocycles. The number of imidazole rings is 1. The largest absolute Gasteiger partial charge is 0.382 e. The minimum absolute atomic E-state index is 0.0560. The molecule has 1 fully saturated rings. The number of anilines is 1. The molecule has 4 N–H and O–H groups in total. The number of aromatic nitrogens is 5. The highest BCUT2D eigenvalue weighted by atomic mass is 16.2. The molecule has 10 heteroatoms. The molecule has 0 aliphatic carbocycles. The van der Waals surface area contributed by atoms with Crippen LogP contribution in [-0.4, -0.2) is 49.3 Å². The summed E-state index contributed by atoms with van der Waals surface area (Å²) in [6, 6.07) is 19.9. The van der Waals surface area contributed by atoms with Crippen LogP contribution in [-0.2, 0) is 24.4 Å². The van der Waals surface area contributed by atoms with Gasteiger partial charge >= 0.3 is 0 Å². The molecule has 1 saturated heterocycles. The molecule has 2 aromatic carbocycles. The Kier molecular flexibility index (Phi) is 6.66. The Labute approximate surface area is 225 Å². The van der Waals surface area contributed by atoms with Crippen molar-refractivity contribution in [3.8, 4) is 0 Å². The minimum Gasteiger partial charge on any atom is -0.382 e. The number of benzene rings is 2. The molecule has 0 atom stereocenters. The number of carbonyl (C=O) groups excluding carboxylic acids is 2. The van der Waals surface area contributed by atoms with Crippen molar-refractivity contribution >= 4 is 39.8 Å². The Hall–Kier alpha value is -4.73. The lowest BCUT2D eigenvalue weighted by molar-refractivity contribution is -0.671. The number of nitrogens with one attached hydrogen (secondary N) is 2. The molecule has 10 nitrogen and oxygen atoms in total. The molecule has 0 spiro atoms. The normalized spacial score (nSPS) is 13.7. The van der Waals surface area contributed by atoms with Gasteiger partial charge in [0.15, 0.2) is 34.7 Å². The van der Waals surface area contributed by atoms with Gasteiger partial charge in [-0.3, -0.25) is 9.59 Å². The standard InChI is InChI=1S/C29H30N8O2/c30-27-26(33-21-13-14-31-28(21)34-27)29(39)32-17-24-36(18-20-9-3-1-4-10-20)22-11-5-6-12-23(22)37(24)19-25(38)35-15-7-2-8-16-35/h1,3-6,9-14H,2,7-8,15-19H2,(H3-,30,31,32,33,34,39)/p+1. The van der Waals surface area contributed by atoms with Crippen LogP contribution < -0.4 is 15.6 Å². The Morgan fingerprint density at radius 3 is 2.56 bits per heavy atom. The third-order valence-corrected chi connectivity index (χ3v) is 7.31. The fourth-order valence-corrected chi connectivity index (χ4v) is 5.33. The van der Waals surface area contributed by atoms with Crippen LogP contribution in [0.1, 0.15) is 41.1 Å². The maximum Gasteiger partial charge on any atom is 0.277 e. The number of rotatable bonds is 7. The predicted molar refractivity (Wildman–Crippen MR) is 148 cm³/mol. The number of nitrogens with zero attached hydrogens (tertiary/aromatic N) is 5. The molecule has 2 amide bonds. The summed E-state index contributed by atoms with van der Waals surface area (Å²) in [5.41, 5.74) is 10.3. The Balaban J connectivity index is 1.37. The summed E-state index contributed by atoms with van der Waals surface area (Å²) < 4.78 is 4.19. The average molecular weight is 524 g/mol. The Morgan fingerprint density at radius 1 is 0.974 bits per heavy atom. The Bertz CT molecular complexity index is 1650. The van der Waals surface area contributed by atoms with Gasteiger partial charge in [-0.2, -0.15) is 0 Å². The third-order valence-electron chi connectivity index (χ3n) is 7.31. The van der Waals surface area contributed by atoms with Gasteiger partial charge in [0.25, 0.3) is 17.6 Å². The van der Waals surface area contributed by atoms with Crippen molar-refractivity contribution in [1.82, 2.24) is 29.7 Å². The number of nitrogens with two attached hydrogens (primary N) is 1. The van der Waals surface area contributed by atoms with Crippen LogP contribution in [0.25, 0.3) is 22.2 Å². The zero-order valence-corrected chi connectivity index (χ0v) is 21.6. The molecule has 4 heterocycles. The van der Waals surface area contributed by atoms with Gasteiger partial charge in [-0.15, -0.1) is 0 Å². The highest BCUT2D eigenvalue weighted by Gasteiger charge is 2.29. The van der Waals surface area contributed by atoms with E-state index in [0.29, 0.717) is 17.7 Å². The molecule has 0 bridgehead atoms. The van der Waals surface area contributed by atoms with Crippen LogP contribution in [0.2, 0.25) is 0 Å². The van der Waals surface area contributed by atoms with Crippen LogP contribution in [0.5, 0.6) is 0 Å². The van der Waals surface area contributed by atoms with Crippen molar-refractivity contribution in [1.29, 1.82) is 0 Å². The zero-order valence-electron chi connectivity index (χ0n) is 21.6. The fraction of sp³-hybridized carbons (Fsp3) is 0.276. The summed E-state index contributed by atoms with van der Waals surface area (Å²) in [6.07, 6.45) is 4.92. The number of nitrogen functional groups attached to an aromatic ring is 1. The second kappa shape index (κ2) is 10.6. The third kappa shape index (κ3) is 4.93. The lowest BCUT2D eigenvalue weighted by atomic mass is 10.1. The summed E-state index contributed by atoms with van der Waals surface area (Å²) in [4.78, 5) is 40.3. The molecule has 6 rings (SSSR count). The van der Waals surface area contributed by atoms with Gasteiger partial charge in [0.05, 0.1) is 0 Å². The average Bonchev–Trinajstić information content (AvgIpc) is 3.54. The molecule has 0 radical (unpaired) electrons. The highest BCUT2D eigenvalue weighted by Crippen LogP contribution is 2.19. The van der Waals surface area contributed by atoms with Crippen molar-refractivity contribution < 1.29 is 14.2 Å². The molecule has 3 aromatic heterocycles. The van der Waals surface area contributed by atoms with Gasteiger partial charge in [-0.05, 0) is 43.0 Å². The van der Waals surface area contributed by atoms with Gasteiger partial charge in [0.1, 0.15) is 18.6 Å². The summed E-state index contributed by atoms with van der Waals surface area (Å²) in [7, 11) is 0. The van der Waals surface area contributed by atoms with E-state index in [1.165, 1.54) is 0 Å². The molecular weight excluding hydrogens is 492 g/mol. The quantitative estimate of drug-likeness (QED) is 0.283. The van der Waals surface area contributed by atoms with Crippen LogP contribution >= 0.6 is 0 Å². The number of para-hydroxylation sites is 2. The number of carbonyl (C=O) groups is 2. The van der Waals surface area contributed by atoms with E-state index in [1.807, 2.05) is 45.9 Å². The van der Waals surface area contributed by atoms with E-state index in [4.69, 9.17) is 5.73 Å². The van der Waals surface area contributed by atoms with Gasteiger partial charge in [-0.1, -0.05) is 42.5 Å². The number of H-pyrrole nitrogens is 1. The van der Waals surface area contributed by atoms with Crippen LogP contribution in [0.15, 0.2) is 66.9 Å². The van der Waals surface area contributed by atoms with Crippen molar-refractivity contribution in [2.45, 2.75) is 38.9 Å². The first-order valence-corrected chi connectivity index (χ1v) is 13.3. The first-order valence-electron chi connectivity index (χ1n) is 13.3. The fourth-order valence-electron chi connectivity index (χ4n) is 5.33. The van der Waals surface area contributed by atoms with Crippen molar-refractivity contribution in [2.75, 3.05) is 18.8 Å². The predicted octanol–water partition coefficient (Wildman–Crippen LogP) is 2.77. The molecule has 198 valence electrons. The molecule has 0 unspecified atom stereocenters. The maximum atomic E-state index is 13.4. The molecule has 0 saturated carbocycles. The minimum atomic E-state index is -0.423. The molecule has 1 aliphatic rings. The first kappa shape index (κ1) is 24.6. The number of hydrogen-bond donors (Lipinski definition) is 3. The van der Waals surface area contributed by atoms with E-state index in [2.05, 4.69) is 43.0 Å². The first-order chi connectivity index (χ1) is 19.1. The summed E-state index contributed by atoms with van der Waals surface area (Å²) in [5, 5.41) is 3.00. The second-order valence-corrected chi connectivity index (χ2v) is 9.86. The topological polar surface area (TPSA) is 126 Å². The smallest absolute Gasteiger partial charge is 0.277 e. The van der Waals surface area contributed by atoms with Crippen molar-refractivity contribution in [3.05, 3.63) is 83.9 Å². The zero-order chi connectivity index (χ0) is 26.8. The summed E-state index contributed by atoms with van der Waals surface area (Å²) in [6.45, 7) is 2.54. The number of fused-ring (bicyclic) bond motifs is 2. The van der Waals surface area contributed by atoms with Crippen molar-refractivity contribution in [3.63, 3.8) is 0 Å². The van der Waals surface area contributed by atoms with E-state index in [1.54, 1.807) is 12.3 Å². The van der Waals surface area contributed by atoms with E-state index in [0.717, 1.165) is 54.8 Å². The molecule has 39 heavy (non-hydrogen) atoms. The van der Waals surface area contributed by atoms with Gasteiger partial charge in [0.2, 0.25) is 0 Å². The molecular formula is C29H31N8O2+. The monoisotopic (exact) mass is 523 g/mol. The molecule has 5 aromatic rings. The van der Waals surface area contributed by atoms with Crippen LogP contribution in [0, 0.1) is 0 Å². The van der Waals surface area contributed by atoms with E-state index in [-0.39, 0.29) is 30.5 Å². The van der Waals surface area contributed by atoms with Gasteiger partial charge < -0.3 is 20.9 Å². The van der Waals surface area contributed by atoms with Crippen molar-refractivity contribution in [2.24, 2.45) is 0 Å². The number of hydrogen-bond acceptors (Lipinski definition) is 5. The van der Waals surface area contributed by atoms with E-state index in [9.17, 15) is 9.59 Å². The maximum absolute atomic E-state index is 13.4. The Morgan fingerprint density at radius 2 is 1.74 bits per heavy atom. The highest BCUT2D eigenvalue weighted by molar-refractivity contribution is 5.98. The lowest BCUT2D eigenvalue weighted by Gasteiger charge is -2.26. The lowest BCUT2D eigenvalue weighted by Crippen LogP contribution is -2.43. The van der Waals surface area contributed by atoms with Gasteiger partial charge in [0, 0.05) is 19.3 Å². The van der Waals surface area contributed by atoms with Crippen LogP contribution in [0.4, 0.5) is 5.82 Å². The van der Waals surface area contributed by atoms with E-state index < -0.39 is 5.91 Å². The number of aromatic amines is 1. The number of amides is 2. The summed E-state index contributed by atoms with van der Waals surface area (Å²) >= 11 is 0. The van der Waals surface area contributed by atoms with E-state index >= 15 is 0 Å². The number of likely N-dealkylation sites (tertiary alicyclic amines) is 1. The van der Waals surface area contributed by atoms with Gasteiger partial charge in [-0.25, -0.2) is 19.1 Å². The summed E-state index contributed by atoms with van der Waals surface area (Å²) in [5.74, 6) is 0.532. The van der Waals surface area contributed by atoms with Crippen LogP contribution in [0.3, 0.4) is 0 Å². The second-order valence-electron chi connectivity index (χ2n) is 9.86.